The second-order valence-electron chi connectivity index (χ2n) is 13.8. The zero-order valence-corrected chi connectivity index (χ0v) is 33.4. The zero-order valence-electron chi connectivity index (χ0n) is 33.4. The van der Waals surface area contributed by atoms with Crippen LogP contribution in [0.4, 0.5) is 34.1 Å². The van der Waals surface area contributed by atoms with Crippen LogP contribution in [0.5, 0.6) is 0 Å². The molecule has 0 saturated heterocycles. The van der Waals surface area contributed by atoms with Crippen LogP contribution in [0, 0.1) is 0 Å². The Labute approximate surface area is 357 Å². The number of benzene rings is 3. The molecule has 0 bridgehead atoms. The summed E-state index contributed by atoms with van der Waals surface area (Å²) in [6.45, 7) is 0. The van der Waals surface area contributed by atoms with E-state index in [9.17, 15) is 57.8 Å². The number of amides is 6. The third-order valence-corrected chi connectivity index (χ3v) is 8.40. The molecule has 0 aliphatic carbocycles. The number of rotatable bonds is 25. The smallest absolute Gasteiger partial charge is 0.335 e. The Morgan fingerprint density at radius 3 is 0.746 bits per heavy atom. The quantitative estimate of drug-likeness (QED) is 0.0551. The van der Waals surface area contributed by atoms with Gasteiger partial charge >= 0.3 is 29.8 Å². The summed E-state index contributed by atoms with van der Waals surface area (Å²) in [5, 5.41) is 60.5. The van der Waals surface area contributed by atoms with Crippen LogP contribution in [-0.4, -0.2) is 90.8 Å². The number of aromatic carboxylic acids is 1. The maximum absolute atomic E-state index is 13.6. The molecule has 0 unspecified atom stereocenters. The Morgan fingerprint density at radius 2 is 0.524 bits per heavy atom. The molecule has 22 heteroatoms. The van der Waals surface area contributed by atoms with Gasteiger partial charge in [0.2, 0.25) is 23.6 Å². The topological polar surface area (TPSA) is 361 Å². The van der Waals surface area contributed by atoms with Crippen molar-refractivity contribution < 1.29 is 78.3 Å². The summed E-state index contributed by atoms with van der Waals surface area (Å²) in [7, 11) is 0. The number of aliphatic carboxylic acids is 4. The first kappa shape index (κ1) is 49.2. The Morgan fingerprint density at radius 1 is 0.302 bits per heavy atom. The summed E-state index contributed by atoms with van der Waals surface area (Å²) in [4.78, 5) is 133. The van der Waals surface area contributed by atoms with Crippen molar-refractivity contribution in [3.63, 3.8) is 0 Å². The van der Waals surface area contributed by atoms with Gasteiger partial charge in [-0.05, 0) is 80.3 Å². The molecule has 3 rings (SSSR count). The number of anilines is 6. The van der Waals surface area contributed by atoms with Crippen LogP contribution in [0.1, 0.15) is 108 Å². The number of carboxylic acids is 5. The molecule has 0 saturated carbocycles. The number of carbonyl (C=O) groups is 11. The average Bonchev–Trinajstić information content (AvgIpc) is 3.16. The van der Waals surface area contributed by atoms with Crippen molar-refractivity contribution in [2.75, 3.05) is 31.9 Å². The Kier molecular flexibility index (Phi) is 18.9. The fraction of sp³-hybridized carbons (Fsp3) is 0.293. The van der Waals surface area contributed by atoms with Gasteiger partial charge in [0.05, 0.1) is 5.56 Å². The molecule has 0 atom stereocenters. The second kappa shape index (κ2) is 24.2. The van der Waals surface area contributed by atoms with Crippen molar-refractivity contribution in [2.45, 2.75) is 77.0 Å². The normalized spacial score (nSPS) is 10.4. The summed E-state index contributed by atoms with van der Waals surface area (Å²) in [6, 6.07) is 10.8. The standard InChI is InChI=1S/C41H44N6O16/c48-31(5-1-9-35(52)53)42-25-13-22(14-26(19-25)43-32(49)6-2-10-36(54)55)39(60)46-29-17-24(41(62)63)18-30(21-29)47-40(61)23-15-27(44-33(50)7-3-11-37(56)57)20-28(16-23)45-34(51)8-4-12-38(58)59/h13-21H,1-12H2,(H,42,48)(H,43,49)(H,44,50)(H,45,51)(H,46,60)(H,47,61)(H,52,53)(H,54,55)(H,56,57)(H,58,59)(H,62,63). The first-order valence-corrected chi connectivity index (χ1v) is 19.1. The van der Waals surface area contributed by atoms with Crippen LogP contribution in [0.3, 0.4) is 0 Å². The SMILES string of the molecule is O=C(O)CCCC(=O)Nc1cc(NC(=O)CCCC(=O)O)cc(C(=O)Nc2cc(NC(=O)c3cc(NC(=O)CCCC(=O)O)cc(NC(=O)CCCC(=O)O)c3)cc(C(=O)O)c2)c1. The lowest BCUT2D eigenvalue weighted by atomic mass is 10.1. The number of carbonyl (C=O) groups excluding carboxylic acids is 6. The first-order valence-electron chi connectivity index (χ1n) is 19.1. The van der Waals surface area contributed by atoms with Crippen LogP contribution < -0.4 is 31.9 Å². The third kappa shape index (κ3) is 18.7. The maximum Gasteiger partial charge on any atom is 0.335 e. The number of carboxylic acid groups (broad SMARTS) is 5. The Bertz CT molecular complexity index is 2040. The minimum atomic E-state index is -1.47. The summed E-state index contributed by atoms with van der Waals surface area (Å²) in [5.74, 6) is -10.2. The Hall–Kier alpha value is -8.17. The highest BCUT2D eigenvalue weighted by Crippen LogP contribution is 2.26. The van der Waals surface area contributed by atoms with Crippen molar-refractivity contribution in [3.05, 3.63) is 71.3 Å². The highest BCUT2D eigenvalue weighted by atomic mass is 16.4. The number of hydrogen-bond acceptors (Lipinski definition) is 11. The highest BCUT2D eigenvalue weighted by Gasteiger charge is 2.18. The van der Waals surface area contributed by atoms with Crippen LogP contribution in [0.15, 0.2) is 54.6 Å². The van der Waals surface area contributed by atoms with Gasteiger partial charge in [0.25, 0.3) is 11.8 Å². The van der Waals surface area contributed by atoms with E-state index in [0.29, 0.717) is 0 Å². The van der Waals surface area contributed by atoms with E-state index >= 15 is 0 Å². The van der Waals surface area contributed by atoms with Gasteiger partial charge in [0.15, 0.2) is 0 Å². The van der Waals surface area contributed by atoms with E-state index in [0.717, 1.165) is 12.1 Å². The summed E-state index contributed by atoms with van der Waals surface area (Å²) < 4.78 is 0. The molecule has 0 aliphatic rings. The van der Waals surface area contributed by atoms with Gasteiger partial charge in [0.1, 0.15) is 0 Å². The molecule has 0 spiro atoms. The largest absolute Gasteiger partial charge is 0.481 e. The molecule has 0 heterocycles. The zero-order chi connectivity index (χ0) is 46.6. The van der Waals surface area contributed by atoms with E-state index in [-0.39, 0.29) is 122 Å². The van der Waals surface area contributed by atoms with Gasteiger partial charge < -0.3 is 57.4 Å². The van der Waals surface area contributed by atoms with Gasteiger partial charge in [-0.15, -0.1) is 0 Å². The molecule has 0 aliphatic heterocycles. The van der Waals surface area contributed by atoms with E-state index in [1.807, 2.05) is 0 Å². The molecule has 334 valence electrons. The summed E-state index contributed by atoms with van der Waals surface area (Å²) in [6.07, 6.45) is -1.95. The number of hydrogen-bond donors (Lipinski definition) is 11. The van der Waals surface area contributed by atoms with Gasteiger partial charge in [0, 0.05) is 96.6 Å². The molecule has 3 aromatic rings. The van der Waals surface area contributed by atoms with E-state index in [2.05, 4.69) is 31.9 Å². The third-order valence-electron chi connectivity index (χ3n) is 8.40. The number of nitrogens with one attached hydrogen (secondary N) is 6. The summed E-state index contributed by atoms with van der Waals surface area (Å²) in [5.41, 5.74) is -1.05. The van der Waals surface area contributed by atoms with Crippen molar-refractivity contribution in [3.8, 4) is 0 Å². The van der Waals surface area contributed by atoms with Crippen LogP contribution in [-0.2, 0) is 38.4 Å². The van der Waals surface area contributed by atoms with Crippen molar-refractivity contribution >= 4 is 99.4 Å². The predicted molar refractivity (Wildman–Crippen MR) is 223 cm³/mol. The first-order chi connectivity index (χ1) is 29.8. The lowest BCUT2D eigenvalue weighted by molar-refractivity contribution is -0.138. The van der Waals surface area contributed by atoms with E-state index in [4.69, 9.17) is 20.4 Å². The molecule has 6 amide bonds. The van der Waals surface area contributed by atoms with Gasteiger partial charge in [-0.2, -0.15) is 0 Å². The van der Waals surface area contributed by atoms with Gasteiger partial charge in [-0.25, -0.2) is 4.79 Å². The molecule has 11 N–H and O–H groups in total. The monoisotopic (exact) mass is 876 g/mol. The van der Waals surface area contributed by atoms with E-state index in [1.165, 1.54) is 42.5 Å². The molecular weight excluding hydrogens is 832 g/mol. The van der Waals surface area contributed by atoms with E-state index < -0.39 is 70.9 Å². The molecule has 0 fully saturated rings. The van der Waals surface area contributed by atoms with E-state index in [1.54, 1.807) is 0 Å². The van der Waals surface area contributed by atoms with Gasteiger partial charge in [-0.3, -0.25) is 47.9 Å². The molecule has 63 heavy (non-hydrogen) atoms. The minimum absolute atomic E-state index is 0.000602. The molecule has 22 nitrogen and oxygen atoms in total. The van der Waals surface area contributed by atoms with Crippen LogP contribution >= 0.6 is 0 Å². The van der Waals surface area contributed by atoms with Crippen molar-refractivity contribution in [1.82, 2.24) is 0 Å². The van der Waals surface area contributed by atoms with Crippen molar-refractivity contribution in [2.24, 2.45) is 0 Å². The average molecular weight is 877 g/mol. The Balaban J connectivity index is 1.92. The van der Waals surface area contributed by atoms with Crippen LogP contribution in [0.2, 0.25) is 0 Å². The fourth-order valence-electron chi connectivity index (χ4n) is 5.60. The minimum Gasteiger partial charge on any atom is -0.481 e. The summed E-state index contributed by atoms with van der Waals surface area (Å²) >= 11 is 0. The second-order valence-corrected chi connectivity index (χ2v) is 13.8. The maximum atomic E-state index is 13.6. The molecule has 0 aromatic heterocycles. The van der Waals surface area contributed by atoms with Gasteiger partial charge in [-0.1, -0.05) is 0 Å². The predicted octanol–water partition coefficient (Wildman–Crippen LogP) is 4.66. The van der Waals surface area contributed by atoms with Crippen LogP contribution in [0.25, 0.3) is 0 Å². The molecular formula is C41H44N6O16. The fourth-order valence-corrected chi connectivity index (χ4v) is 5.60. The molecule has 3 aromatic carbocycles. The lowest BCUT2D eigenvalue weighted by Crippen LogP contribution is -2.18. The lowest BCUT2D eigenvalue weighted by Gasteiger charge is -2.15. The molecule has 0 radical (unpaired) electrons. The van der Waals surface area contributed by atoms with Crippen molar-refractivity contribution in [1.29, 1.82) is 0 Å². The highest BCUT2D eigenvalue weighted by molar-refractivity contribution is 6.10.